The zero-order chi connectivity index (χ0) is 12.4. The van der Waals surface area contributed by atoms with E-state index >= 15 is 0 Å². The van der Waals surface area contributed by atoms with Crippen molar-refractivity contribution in [3.63, 3.8) is 0 Å². The number of hydrogen-bond donors (Lipinski definition) is 5. The third-order valence-electron chi connectivity index (χ3n) is 1.72. The third kappa shape index (κ3) is 9.75. The summed E-state index contributed by atoms with van der Waals surface area (Å²) >= 11 is 3.94. The molecule has 0 unspecified atom stereocenters. The van der Waals surface area contributed by atoms with Gasteiger partial charge in [-0.15, -0.1) is 0 Å². The number of carbonyl (C=O) groups is 2. The molecule has 0 saturated carbocycles. The van der Waals surface area contributed by atoms with Crippen LogP contribution in [0.5, 0.6) is 0 Å². The molecule has 94 valence electrons. The molecule has 0 aliphatic heterocycles. The van der Waals surface area contributed by atoms with Gasteiger partial charge in [0.2, 0.25) is 11.8 Å². The number of hydrogen-bond acceptors (Lipinski definition) is 5. The minimum atomic E-state index is -1.54. The molecular weight excluding hydrogens is 232 g/mol. The van der Waals surface area contributed by atoms with Crippen LogP contribution in [0.4, 0.5) is 0 Å². The van der Waals surface area contributed by atoms with Crippen LogP contribution in [0.3, 0.4) is 0 Å². The van der Waals surface area contributed by atoms with Crippen LogP contribution in [-0.2, 0) is 9.59 Å². The first-order valence-electron chi connectivity index (χ1n) is 5.06. The summed E-state index contributed by atoms with van der Waals surface area (Å²) in [4.78, 5) is 22.2. The summed E-state index contributed by atoms with van der Waals surface area (Å²) in [5, 5.41) is 21.9. The lowest BCUT2D eigenvalue weighted by Gasteiger charge is -2.06. The molecule has 0 aliphatic rings. The molecule has 0 radical (unpaired) electrons. The smallest absolute Gasteiger partial charge is 0.220 e. The number of rotatable bonds is 8. The van der Waals surface area contributed by atoms with Gasteiger partial charge in [-0.05, 0) is 6.42 Å². The Bertz CT molecular complexity index is 224. The van der Waals surface area contributed by atoms with E-state index in [4.69, 9.17) is 10.2 Å². The molecule has 16 heavy (non-hydrogen) atoms. The van der Waals surface area contributed by atoms with E-state index in [2.05, 4.69) is 23.3 Å². The molecular formula is C9H18N2O4S. The average molecular weight is 250 g/mol. The molecule has 0 fully saturated rings. The SMILES string of the molecule is O=C(CCCC(=O)NCC(O)O)NCCS. The summed E-state index contributed by atoms with van der Waals surface area (Å²) in [7, 11) is 0. The Balaban J connectivity index is 3.43. The van der Waals surface area contributed by atoms with Crippen LogP contribution in [0, 0.1) is 0 Å². The molecule has 0 aliphatic carbocycles. The zero-order valence-electron chi connectivity index (χ0n) is 8.98. The van der Waals surface area contributed by atoms with Crippen molar-refractivity contribution in [1.82, 2.24) is 10.6 Å². The molecule has 0 aromatic heterocycles. The highest BCUT2D eigenvalue weighted by Crippen LogP contribution is 1.95. The molecule has 0 aromatic carbocycles. The van der Waals surface area contributed by atoms with Crippen molar-refractivity contribution in [1.29, 1.82) is 0 Å². The summed E-state index contributed by atoms with van der Waals surface area (Å²) < 4.78 is 0. The average Bonchev–Trinajstić information content (AvgIpc) is 2.23. The molecule has 0 atom stereocenters. The van der Waals surface area contributed by atoms with E-state index in [1.165, 1.54) is 0 Å². The highest BCUT2D eigenvalue weighted by atomic mass is 32.1. The molecule has 6 nitrogen and oxygen atoms in total. The van der Waals surface area contributed by atoms with Crippen molar-refractivity contribution >= 4 is 24.4 Å². The molecule has 2 amide bonds. The van der Waals surface area contributed by atoms with Crippen molar-refractivity contribution < 1.29 is 19.8 Å². The van der Waals surface area contributed by atoms with Crippen LogP contribution < -0.4 is 10.6 Å². The number of aliphatic hydroxyl groups excluding tert-OH is 1. The standard InChI is InChI=1S/C9H18N2O4S/c12-7(10-4-5-16)2-1-3-8(13)11-6-9(14)15/h9,14-16H,1-6H2,(H,10,12)(H,11,13). The molecule has 0 spiro atoms. The number of aliphatic hydroxyl groups is 2. The van der Waals surface area contributed by atoms with Crippen LogP contribution in [0.15, 0.2) is 0 Å². The maximum atomic E-state index is 11.1. The quantitative estimate of drug-likeness (QED) is 0.271. The van der Waals surface area contributed by atoms with Gasteiger partial charge < -0.3 is 20.8 Å². The number of thiol groups is 1. The van der Waals surface area contributed by atoms with Gasteiger partial charge in [-0.25, -0.2) is 0 Å². The first kappa shape index (κ1) is 15.2. The topological polar surface area (TPSA) is 98.7 Å². The van der Waals surface area contributed by atoms with Gasteiger partial charge in [0.15, 0.2) is 6.29 Å². The molecule has 7 heteroatoms. The molecule has 0 heterocycles. The van der Waals surface area contributed by atoms with Gasteiger partial charge in [0.05, 0.1) is 6.54 Å². The van der Waals surface area contributed by atoms with E-state index in [9.17, 15) is 9.59 Å². The lowest BCUT2D eigenvalue weighted by Crippen LogP contribution is -2.32. The minimum Gasteiger partial charge on any atom is -0.367 e. The molecule has 0 aromatic rings. The van der Waals surface area contributed by atoms with Crippen molar-refractivity contribution in [2.45, 2.75) is 25.6 Å². The van der Waals surface area contributed by atoms with Crippen LogP contribution in [0.2, 0.25) is 0 Å². The first-order valence-corrected chi connectivity index (χ1v) is 5.70. The Morgan fingerprint density at radius 3 is 2.19 bits per heavy atom. The summed E-state index contributed by atoms with van der Waals surface area (Å²) in [6.07, 6.45) is -0.627. The van der Waals surface area contributed by atoms with Gasteiger partial charge >= 0.3 is 0 Å². The Hall–Kier alpha value is -0.790. The molecule has 0 bridgehead atoms. The predicted molar refractivity (Wildman–Crippen MR) is 61.9 cm³/mol. The van der Waals surface area contributed by atoms with Crippen LogP contribution in [-0.4, -0.2) is 47.2 Å². The highest BCUT2D eigenvalue weighted by molar-refractivity contribution is 7.80. The van der Waals surface area contributed by atoms with Crippen LogP contribution in [0.1, 0.15) is 19.3 Å². The lowest BCUT2D eigenvalue weighted by atomic mass is 10.2. The van der Waals surface area contributed by atoms with Crippen LogP contribution >= 0.6 is 12.6 Å². The van der Waals surface area contributed by atoms with E-state index < -0.39 is 6.29 Å². The van der Waals surface area contributed by atoms with Gasteiger partial charge in [-0.3, -0.25) is 9.59 Å². The van der Waals surface area contributed by atoms with Crippen molar-refractivity contribution in [3.8, 4) is 0 Å². The van der Waals surface area contributed by atoms with Crippen LogP contribution in [0.25, 0.3) is 0 Å². The highest BCUT2D eigenvalue weighted by Gasteiger charge is 2.05. The van der Waals surface area contributed by atoms with E-state index in [1.54, 1.807) is 0 Å². The summed E-state index contributed by atoms with van der Waals surface area (Å²) in [6.45, 7) is 0.329. The second kappa shape index (κ2) is 9.44. The molecule has 0 rings (SSSR count). The van der Waals surface area contributed by atoms with Gasteiger partial charge in [-0.2, -0.15) is 12.6 Å². The Morgan fingerprint density at radius 1 is 1.12 bits per heavy atom. The van der Waals surface area contributed by atoms with Crippen molar-refractivity contribution in [2.75, 3.05) is 18.8 Å². The largest absolute Gasteiger partial charge is 0.367 e. The van der Waals surface area contributed by atoms with Gasteiger partial charge in [0, 0.05) is 25.1 Å². The molecule has 4 N–H and O–H groups in total. The number of carbonyl (C=O) groups excluding carboxylic acids is 2. The van der Waals surface area contributed by atoms with Crippen molar-refractivity contribution in [3.05, 3.63) is 0 Å². The lowest BCUT2D eigenvalue weighted by molar-refractivity contribution is -0.124. The van der Waals surface area contributed by atoms with Gasteiger partial charge in [0.1, 0.15) is 0 Å². The molecule has 0 saturated heterocycles. The fourth-order valence-corrected chi connectivity index (χ4v) is 1.10. The maximum Gasteiger partial charge on any atom is 0.220 e. The summed E-state index contributed by atoms with van der Waals surface area (Å²) in [6, 6.07) is 0. The fraction of sp³-hybridized carbons (Fsp3) is 0.778. The fourth-order valence-electron chi connectivity index (χ4n) is 0.987. The monoisotopic (exact) mass is 250 g/mol. The van der Waals surface area contributed by atoms with Crippen molar-refractivity contribution in [2.24, 2.45) is 0 Å². The van der Waals surface area contributed by atoms with Gasteiger partial charge in [-0.1, -0.05) is 0 Å². The Morgan fingerprint density at radius 2 is 1.69 bits per heavy atom. The van der Waals surface area contributed by atoms with E-state index in [0.29, 0.717) is 18.7 Å². The minimum absolute atomic E-state index is 0.107. The Labute approximate surface area is 99.8 Å². The maximum absolute atomic E-state index is 11.1. The predicted octanol–water partition coefficient (Wildman–Crippen LogP) is -1.37. The summed E-state index contributed by atoms with van der Waals surface area (Å²) in [5.74, 6) is 0.180. The third-order valence-corrected chi connectivity index (χ3v) is 1.95. The van der Waals surface area contributed by atoms with Gasteiger partial charge in [0.25, 0.3) is 0 Å². The van der Waals surface area contributed by atoms with E-state index in [-0.39, 0.29) is 31.2 Å². The first-order chi connectivity index (χ1) is 7.56. The van der Waals surface area contributed by atoms with E-state index in [1.807, 2.05) is 0 Å². The number of amides is 2. The Kier molecular flexibility index (Phi) is 8.97. The van der Waals surface area contributed by atoms with E-state index in [0.717, 1.165) is 0 Å². The normalized spacial score (nSPS) is 10.2. The zero-order valence-corrected chi connectivity index (χ0v) is 9.87. The number of nitrogens with one attached hydrogen (secondary N) is 2. The second-order valence-corrected chi connectivity index (χ2v) is 3.66. The summed E-state index contributed by atoms with van der Waals surface area (Å²) in [5.41, 5.74) is 0. The second-order valence-electron chi connectivity index (χ2n) is 3.21.